The smallest absolute Gasteiger partial charge is 0.243 e. The molecule has 1 N–H and O–H groups in total. The third kappa shape index (κ3) is 8.72. The van der Waals surface area contributed by atoms with E-state index >= 15 is 0 Å². The van der Waals surface area contributed by atoms with Crippen molar-refractivity contribution < 1.29 is 14.3 Å². The van der Waals surface area contributed by atoms with E-state index in [0.29, 0.717) is 31.0 Å². The minimum absolute atomic E-state index is 0.0162. The average molecular weight is 507 g/mol. The first-order chi connectivity index (χ1) is 17.5. The lowest BCUT2D eigenvalue weighted by Crippen LogP contribution is -2.52. The molecule has 2 atom stereocenters. The Morgan fingerprint density at radius 3 is 2.19 bits per heavy atom. The van der Waals surface area contributed by atoms with Gasteiger partial charge in [0.25, 0.3) is 0 Å². The van der Waals surface area contributed by atoms with E-state index in [9.17, 15) is 9.59 Å². The summed E-state index contributed by atoms with van der Waals surface area (Å²) in [5, 5.41) is 3.72. The monoisotopic (exact) mass is 506 g/mol. The van der Waals surface area contributed by atoms with Crippen LogP contribution in [0.25, 0.3) is 0 Å². The Morgan fingerprint density at radius 2 is 1.56 bits per heavy atom. The molecule has 0 saturated carbocycles. The topological polar surface area (TPSA) is 58.6 Å². The van der Waals surface area contributed by atoms with Crippen LogP contribution in [-0.4, -0.2) is 35.4 Å². The zero-order valence-corrected chi connectivity index (χ0v) is 21.8. The lowest BCUT2D eigenvalue weighted by Gasteiger charge is -2.32. The van der Waals surface area contributed by atoms with Crippen molar-refractivity contribution in [3.05, 3.63) is 101 Å². The van der Waals surface area contributed by atoms with Gasteiger partial charge in [0.15, 0.2) is 0 Å². The molecule has 0 aromatic heterocycles. The first kappa shape index (κ1) is 27.3. The molecule has 0 aliphatic carbocycles. The summed E-state index contributed by atoms with van der Waals surface area (Å²) in [6.07, 6.45) is 2.08. The highest BCUT2D eigenvalue weighted by Crippen LogP contribution is 2.18. The molecule has 6 heteroatoms. The molecular formula is C30H35ClN2O3. The second kappa shape index (κ2) is 14.3. The highest BCUT2D eigenvalue weighted by molar-refractivity contribution is 6.30. The highest BCUT2D eigenvalue weighted by Gasteiger charge is 2.30. The second-order valence-electron chi connectivity index (χ2n) is 8.94. The molecule has 0 fully saturated rings. The number of hydrogen-bond acceptors (Lipinski definition) is 3. The number of amides is 2. The average Bonchev–Trinajstić information content (AvgIpc) is 2.90. The van der Waals surface area contributed by atoms with Crippen molar-refractivity contribution >= 4 is 23.4 Å². The Balaban J connectivity index is 1.80. The summed E-state index contributed by atoms with van der Waals surface area (Å²) in [6.45, 7) is 4.75. The third-order valence-electron chi connectivity index (χ3n) is 6.09. The summed E-state index contributed by atoms with van der Waals surface area (Å²) in [5.74, 6) is 0.552. The van der Waals surface area contributed by atoms with Crippen LogP contribution >= 0.6 is 11.6 Å². The van der Waals surface area contributed by atoms with Gasteiger partial charge in [-0.2, -0.15) is 0 Å². The summed E-state index contributed by atoms with van der Waals surface area (Å²) in [6, 6.07) is 26.1. The molecule has 36 heavy (non-hydrogen) atoms. The molecular weight excluding hydrogens is 472 g/mol. The van der Waals surface area contributed by atoms with Crippen molar-refractivity contribution in [2.24, 2.45) is 0 Å². The van der Waals surface area contributed by atoms with Crippen molar-refractivity contribution in [1.82, 2.24) is 10.2 Å². The zero-order chi connectivity index (χ0) is 25.8. The summed E-state index contributed by atoms with van der Waals surface area (Å²) in [5.41, 5.74) is 1.92. The fourth-order valence-electron chi connectivity index (χ4n) is 3.86. The Kier molecular flexibility index (Phi) is 10.8. The van der Waals surface area contributed by atoms with Crippen LogP contribution in [0.2, 0.25) is 5.02 Å². The van der Waals surface area contributed by atoms with E-state index in [1.54, 1.807) is 17.0 Å². The molecule has 0 heterocycles. The van der Waals surface area contributed by atoms with Gasteiger partial charge >= 0.3 is 0 Å². The van der Waals surface area contributed by atoms with Crippen LogP contribution in [0.1, 0.15) is 44.2 Å². The molecule has 0 radical (unpaired) electrons. The van der Waals surface area contributed by atoms with Gasteiger partial charge in [-0.05, 0) is 55.2 Å². The molecule has 3 aromatic rings. The maximum atomic E-state index is 13.6. The molecule has 0 bridgehead atoms. The molecule has 0 aliphatic heterocycles. The molecule has 0 saturated heterocycles. The van der Waals surface area contributed by atoms with E-state index in [1.165, 1.54) is 0 Å². The molecule has 190 valence electrons. The number of hydrogen-bond donors (Lipinski definition) is 1. The Bertz CT molecular complexity index is 1070. The van der Waals surface area contributed by atoms with E-state index < -0.39 is 6.04 Å². The van der Waals surface area contributed by atoms with Crippen molar-refractivity contribution in [2.75, 3.05) is 6.61 Å². The normalized spacial score (nSPS) is 12.4. The quantitative estimate of drug-likeness (QED) is 0.287. The molecule has 2 amide bonds. The van der Waals surface area contributed by atoms with Crippen LogP contribution in [-0.2, 0) is 22.6 Å². The van der Waals surface area contributed by atoms with Crippen LogP contribution in [0.3, 0.4) is 0 Å². The van der Waals surface area contributed by atoms with Crippen molar-refractivity contribution in [1.29, 1.82) is 0 Å². The standard InChI is InChI=1S/C30H35ClN2O3/c1-3-23(2)32-30(35)28(21-24-11-6-4-7-12-24)33(22-25-16-18-26(31)19-17-25)29(34)15-10-20-36-27-13-8-5-9-14-27/h4-9,11-14,16-19,23,28H,3,10,15,20-22H2,1-2H3,(H,32,35)/t23-,28-/m0/s1. The van der Waals surface area contributed by atoms with E-state index in [0.717, 1.165) is 23.3 Å². The SMILES string of the molecule is CC[C@H](C)NC(=O)[C@H](Cc1ccccc1)N(Cc1ccc(Cl)cc1)C(=O)CCCOc1ccccc1. The molecule has 3 aromatic carbocycles. The fourth-order valence-corrected chi connectivity index (χ4v) is 3.98. The van der Waals surface area contributed by atoms with Gasteiger partial charge in [-0.1, -0.05) is 79.2 Å². The van der Waals surface area contributed by atoms with E-state index in [1.807, 2.05) is 86.6 Å². The Labute approximate surface area is 219 Å². The van der Waals surface area contributed by atoms with E-state index in [4.69, 9.17) is 16.3 Å². The maximum Gasteiger partial charge on any atom is 0.243 e. The van der Waals surface area contributed by atoms with E-state index in [-0.39, 0.29) is 24.3 Å². The second-order valence-corrected chi connectivity index (χ2v) is 9.37. The van der Waals surface area contributed by atoms with Gasteiger partial charge in [0.05, 0.1) is 6.61 Å². The van der Waals surface area contributed by atoms with Crippen LogP contribution in [0, 0.1) is 0 Å². The molecule has 5 nitrogen and oxygen atoms in total. The first-order valence-electron chi connectivity index (χ1n) is 12.5. The van der Waals surface area contributed by atoms with Crippen LogP contribution in [0.5, 0.6) is 5.75 Å². The number of carbonyl (C=O) groups excluding carboxylic acids is 2. The summed E-state index contributed by atoms with van der Waals surface area (Å²) >= 11 is 6.08. The van der Waals surface area contributed by atoms with Crippen LogP contribution < -0.4 is 10.1 Å². The fraction of sp³-hybridized carbons (Fsp3) is 0.333. The lowest BCUT2D eigenvalue weighted by atomic mass is 10.0. The molecule has 3 rings (SSSR count). The third-order valence-corrected chi connectivity index (χ3v) is 6.34. The molecule has 0 spiro atoms. The number of benzene rings is 3. The zero-order valence-electron chi connectivity index (χ0n) is 21.0. The van der Waals surface area contributed by atoms with E-state index in [2.05, 4.69) is 5.32 Å². The maximum absolute atomic E-state index is 13.6. The van der Waals surface area contributed by atoms with Crippen molar-refractivity contribution in [3.8, 4) is 5.75 Å². The largest absolute Gasteiger partial charge is 0.494 e. The van der Waals surface area contributed by atoms with Gasteiger partial charge in [-0.15, -0.1) is 0 Å². The number of nitrogens with zero attached hydrogens (tertiary/aromatic N) is 1. The Morgan fingerprint density at radius 1 is 0.917 bits per heavy atom. The lowest BCUT2D eigenvalue weighted by molar-refractivity contribution is -0.141. The number of ether oxygens (including phenoxy) is 1. The number of carbonyl (C=O) groups is 2. The number of para-hydroxylation sites is 1. The van der Waals surface area contributed by atoms with Gasteiger partial charge in [0.1, 0.15) is 11.8 Å². The number of rotatable bonds is 13. The van der Waals surface area contributed by atoms with Crippen LogP contribution in [0.15, 0.2) is 84.9 Å². The van der Waals surface area contributed by atoms with Gasteiger partial charge in [-0.3, -0.25) is 9.59 Å². The highest BCUT2D eigenvalue weighted by atomic mass is 35.5. The number of nitrogens with one attached hydrogen (secondary N) is 1. The van der Waals surface area contributed by atoms with Gasteiger partial charge in [-0.25, -0.2) is 0 Å². The molecule has 0 aliphatic rings. The van der Waals surface area contributed by atoms with Crippen molar-refractivity contribution in [3.63, 3.8) is 0 Å². The van der Waals surface area contributed by atoms with Gasteiger partial charge in [0.2, 0.25) is 11.8 Å². The predicted molar refractivity (Wildman–Crippen MR) is 145 cm³/mol. The Hall–Kier alpha value is -3.31. The summed E-state index contributed by atoms with van der Waals surface area (Å²) in [4.78, 5) is 28.8. The van der Waals surface area contributed by atoms with Crippen LogP contribution in [0.4, 0.5) is 0 Å². The summed E-state index contributed by atoms with van der Waals surface area (Å²) in [7, 11) is 0. The molecule has 0 unspecified atom stereocenters. The number of halogens is 1. The predicted octanol–water partition coefficient (Wildman–Crippen LogP) is 6.05. The minimum atomic E-state index is -0.639. The minimum Gasteiger partial charge on any atom is -0.494 e. The van der Waals surface area contributed by atoms with Gasteiger partial charge in [0, 0.05) is 30.5 Å². The van der Waals surface area contributed by atoms with Gasteiger partial charge < -0.3 is 15.0 Å². The van der Waals surface area contributed by atoms with Crippen molar-refractivity contribution in [2.45, 2.75) is 58.2 Å². The first-order valence-corrected chi connectivity index (χ1v) is 12.9. The summed E-state index contributed by atoms with van der Waals surface area (Å²) < 4.78 is 5.77.